The number of benzene rings is 1. The molecular formula is C21H20ClN3O3. The van der Waals surface area contributed by atoms with Crippen LogP contribution in [0.2, 0.25) is 5.02 Å². The molecule has 0 fully saturated rings. The van der Waals surface area contributed by atoms with Crippen LogP contribution in [0.25, 0.3) is 11.0 Å². The SMILES string of the molecule is CN(C)CCCN1C(=O)c2oc3ccc(Cl)cc3c(=O)c2[C@@H]1c1cccnc1. The summed E-state index contributed by atoms with van der Waals surface area (Å²) in [6.07, 6.45) is 4.14. The Morgan fingerprint density at radius 2 is 2.07 bits per heavy atom. The third kappa shape index (κ3) is 3.19. The van der Waals surface area contributed by atoms with Crippen molar-refractivity contribution in [2.24, 2.45) is 0 Å². The minimum absolute atomic E-state index is 0.110. The largest absolute Gasteiger partial charge is 0.450 e. The van der Waals surface area contributed by atoms with Gasteiger partial charge in [0.1, 0.15) is 5.58 Å². The molecule has 0 aliphatic carbocycles. The van der Waals surface area contributed by atoms with Crippen molar-refractivity contribution in [2.45, 2.75) is 12.5 Å². The molecule has 1 aromatic carbocycles. The highest BCUT2D eigenvalue weighted by Gasteiger charge is 2.42. The maximum atomic E-state index is 13.3. The third-order valence-corrected chi connectivity index (χ3v) is 5.17. The van der Waals surface area contributed by atoms with Crippen LogP contribution in [-0.2, 0) is 0 Å². The molecule has 0 bridgehead atoms. The maximum absolute atomic E-state index is 13.3. The Kier molecular flexibility index (Phi) is 4.91. The molecule has 2 aromatic heterocycles. The van der Waals surface area contributed by atoms with Gasteiger partial charge in [0.05, 0.1) is 17.0 Å². The van der Waals surface area contributed by atoms with Gasteiger partial charge in [0.25, 0.3) is 5.91 Å². The van der Waals surface area contributed by atoms with Gasteiger partial charge in [0.2, 0.25) is 5.76 Å². The van der Waals surface area contributed by atoms with Crippen molar-refractivity contribution < 1.29 is 9.21 Å². The fourth-order valence-corrected chi connectivity index (χ4v) is 3.84. The molecule has 0 saturated carbocycles. The van der Waals surface area contributed by atoms with Crippen LogP contribution in [0.15, 0.2) is 51.9 Å². The highest BCUT2D eigenvalue weighted by molar-refractivity contribution is 6.31. The van der Waals surface area contributed by atoms with Crippen LogP contribution in [-0.4, -0.2) is 47.9 Å². The van der Waals surface area contributed by atoms with E-state index >= 15 is 0 Å². The van der Waals surface area contributed by atoms with Crippen LogP contribution >= 0.6 is 11.6 Å². The predicted molar refractivity (Wildman–Crippen MR) is 108 cm³/mol. The number of hydrogen-bond donors (Lipinski definition) is 0. The Labute approximate surface area is 167 Å². The summed E-state index contributed by atoms with van der Waals surface area (Å²) in [5.41, 5.74) is 1.28. The molecule has 1 aliphatic heterocycles. The van der Waals surface area contributed by atoms with E-state index in [1.807, 2.05) is 20.2 Å². The van der Waals surface area contributed by atoms with Crippen molar-refractivity contribution in [1.29, 1.82) is 0 Å². The Hall–Kier alpha value is -2.70. The van der Waals surface area contributed by atoms with Gasteiger partial charge in [0, 0.05) is 24.0 Å². The molecule has 144 valence electrons. The zero-order chi connectivity index (χ0) is 19.8. The minimum Gasteiger partial charge on any atom is -0.450 e. The van der Waals surface area contributed by atoms with E-state index in [0.29, 0.717) is 28.1 Å². The van der Waals surface area contributed by atoms with E-state index in [0.717, 1.165) is 18.5 Å². The molecule has 28 heavy (non-hydrogen) atoms. The van der Waals surface area contributed by atoms with Crippen LogP contribution in [0.5, 0.6) is 0 Å². The van der Waals surface area contributed by atoms with Crippen LogP contribution in [0, 0.1) is 0 Å². The fourth-order valence-electron chi connectivity index (χ4n) is 3.66. The van der Waals surface area contributed by atoms with Crippen molar-refractivity contribution in [3.05, 3.63) is 74.9 Å². The molecule has 7 heteroatoms. The maximum Gasteiger partial charge on any atom is 0.290 e. The molecule has 1 aliphatic rings. The average molecular weight is 398 g/mol. The number of carbonyl (C=O) groups is 1. The lowest BCUT2D eigenvalue weighted by Gasteiger charge is -2.25. The lowest BCUT2D eigenvalue weighted by molar-refractivity contribution is 0.0722. The highest BCUT2D eigenvalue weighted by atomic mass is 35.5. The quantitative estimate of drug-likeness (QED) is 0.660. The van der Waals surface area contributed by atoms with Gasteiger partial charge in [0.15, 0.2) is 5.43 Å². The van der Waals surface area contributed by atoms with Crippen LogP contribution < -0.4 is 5.43 Å². The summed E-state index contributed by atoms with van der Waals surface area (Å²) in [4.78, 5) is 34.4. The van der Waals surface area contributed by atoms with E-state index in [2.05, 4.69) is 9.88 Å². The van der Waals surface area contributed by atoms with Crippen LogP contribution in [0.1, 0.15) is 34.1 Å². The number of aromatic nitrogens is 1. The van der Waals surface area contributed by atoms with Crippen molar-refractivity contribution >= 4 is 28.5 Å². The average Bonchev–Trinajstić information content (AvgIpc) is 2.95. The molecule has 0 unspecified atom stereocenters. The lowest BCUT2D eigenvalue weighted by Crippen LogP contribution is -2.32. The van der Waals surface area contributed by atoms with Gasteiger partial charge in [-0.3, -0.25) is 14.6 Å². The topological polar surface area (TPSA) is 66.7 Å². The molecule has 3 heterocycles. The fraction of sp³-hybridized carbons (Fsp3) is 0.286. The molecule has 3 aromatic rings. The smallest absolute Gasteiger partial charge is 0.290 e. The van der Waals surface area contributed by atoms with E-state index < -0.39 is 6.04 Å². The second-order valence-corrected chi connectivity index (χ2v) is 7.60. The van der Waals surface area contributed by atoms with Crippen molar-refractivity contribution in [3.8, 4) is 0 Å². The number of nitrogens with zero attached hydrogens (tertiary/aromatic N) is 3. The van der Waals surface area contributed by atoms with Gasteiger partial charge in [-0.1, -0.05) is 17.7 Å². The number of fused-ring (bicyclic) bond motifs is 2. The van der Waals surface area contributed by atoms with Crippen LogP contribution in [0.3, 0.4) is 0 Å². The first kappa shape index (κ1) is 18.7. The summed E-state index contributed by atoms with van der Waals surface area (Å²) in [6, 6.07) is 8.02. The molecule has 0 saturated heterocycles. The number of hydrogen-bond acceptors (Lipinski definition) is 5. The van der Waals surface area contributed by atoms with E-state index in [9.17, 15) is 9.59 Å². The van der Waals surface area contributed by atoms with E-state index in [1.54, 1.807) is 41.6 Å². The number of amides is 1. The van der Waals surface area contributed by atoms with Crippen LogP contribution in [0.4, 0.5) is 0 Å². The molecule has 0 radical (unpaired) electrons. The monoisotopic (exact) mass is 397 g/mol. The molecule has 4 rings (SSSR count). The van der Waals surface area contributed by atoms with Gasteiger partial charge in [-0.25, -0.2) is 0 Å². The van der Waals surface area contributed by atoms with Gasteiger partial charge < -0.3 is 14.2 Å². The molecule has 0 spiro atoms. The first-order valence-electron chi connectivity index (χ1n) is 9.09. The first-order chi connectivity index (χ1) is 13.5. The number of rotatable bonds is 5. The van der Waals surface area contributed by atoms with Crippen molar-refractivity contribution in [2.75, 3.05) is 27.2 Å². The second kappa shape index (κ2) is 7.37. The van der Waals surface area contributed by atoms with Gasteiger partial charge >= 0.3 is 0 Å². The van der Waals surface area contributed by atoms with Crippen molar-refractivity contribution in [3.63, 3.8) is 0 Å². The highest BCUT2D eigenvalue weighted by Crippen LogP contribution is 2.38. The zero-order valence-corrected chi connectivity index (χ0v) is 16.4. The third-order valence-electron chi connectivity index (χ3n) is 4.93. The zero-order valence-electron chi connectivity index (χ0n) is 15.7. The number of carbonyl (C=O) groups excluding carboxylic acids is 1. The number of halogens is 1. The Bertz CT molecular complexity index is 1100. The molecule has 1 amide bonds. The number of pyridine rings is 1. The summed E-state index contributed by atoms with van der Waals surface area (Å²) in [6.45, 7) is 1.34. The van der Waals surface area contributed by atoms with Gasteiger partial charge in [-0.05, 0) is 56.9 Å². The Balaban J connectivity index is 1.88. The van der Waals surface area contributed by atoms with E-state index in [1.165, 1.54) is 0 Å². The lowest BCUT2D eigenvalue weighted by atomic mass is 10.00. The van der Waals surface area contributed by atoms with Crippen molar-refractivity contribution in [1.82, 2.24) is 14.8 Å². The molecule has 0 N–H and O–H groups in total. The molecule has 1 atom stereocenters. The normalized spacial score (nSPS) is 16.2. The summed E-state index contributed by atoms with van der Waals surface area (Å²) in [5, 5.41) is 0.827. The molecular weight excluding hydrogens is 378 g/mol. The summed E-state index contributed by atoms with van der Waals surface area (Å²) < 4.78 is 5.88. The summed E-state index contributed by atoms with van der Waals surface area (Å²) in [7, 11) is 3.97. The Morgan fingerprint density at radius 1 is 1.25 bits per heavy atom. The predicted octanol–water partition coefficient (Wildman–Crippen LogP) is 3.34. The Morgan fingerprint density at radius 3 is 2.79 bits per heavy atom. The first-order valence-corrected chi connectivity index (χ1v) is 9.47. The second-order valence-electron chi connectivity index (χ2n) is 7.16. The van der Waals surface area contributed by atoms with Gasteiger partial charge in [-0.2, -0.15) is 0 Å². The van der Waals surface area contributed by atoms with E-state index in [-0.39, 0.29) is 17.1 Å². The standard InChI is InChI=1S/C21H20ClN3O3/c1-24(2)9-4-10-25-18(13-5-3-8-23-12-13)17-19(26)15-11-14(22)6-7-16(15)28-20(17)21(25)27/h3,5-8,11-12,18H,4,9-10H2,1-2H3/t18-/m0/s1. The minimum atomic E-state index is -0.516. The molecule has 6 nitrogen and oxygen atoms in total. The van der Waals surface area contributed by atoms with Gasteiger partial charge in [-0.15, -0.1) is 0 Å². The summed E-state index contributed by atoms with van der Waals surface area (Å²) in [5.74, 6) is -0.157. The summed E-state index contributed by atoms with van der Waals surface area (Å²) >= 11 is 6.08. The van der Waals surface area contributed by atoms with E-state index in [4.69, 9.17) is 16.0 Å².